The normalized spacial score (nSPS) is 18.0. The fourth-order valence-corrected chi connectivity index (χ4v) is 4.00. The molecule has 0 aromatic heterocycles. The molecule has 1 N–H and O–H groups in total. The van der Waals surface area contributed by atoms with Crippen molar-refractivity contribution in [3.05, 3.63) is 103 Å². The Morgan fingerprint density at radius 3 is 2.03 bits per heavy atom. The van der Waals surface area contributed by atoms with Gasteiger partial charge in [-0.1, -0.05) is 37.4 Å². The van der Waals surface area contributed by atoms with Crippen LogP contribution >= 0.6 is 0 Å². The van der Waals surface area contributed by atoms with Crippen LogP contribution in [0, 0.1) is 17.6 Å². The largest absolute Gasteiger partial charge is 0.508 e. The summed E-state index contributed by atoms with van der Waals surface area (Å²) in [5.41, 5.74) is 0.937. The van der Waals surface area contributed by atoms with E-state index >= 15 is 0 Å². The van der Waals surface area contributed by atoms with Gasteiger partial charge in [-0.3, -0.25) is 0 Å². The summed E-state index contributed by atoms with van der Waals surface area (Å²) in [7, 11) is 1.17. The van der Waals surface area contributed by atoms with Crippen LogP contribution in [0.25, 0.3) is 11.1 Å². The van der Waals surface area contributed by atoms with Crippen molar-refractivity contribution in [2.24, 2.45) is 5.92 Å². The van der Waals surface area contributed by atoms with Gasteiger partial charge < -0.3 is 14.6 Å². The molecule has 0 amide bonds. The Labute approximate surface area is 203 Å². The molecule has 3 rings (SSSR count). The van der Waals surface area contributed by atoms with Gasteiger partial charge in [-0.25, -0.2) is 8.78 Å². The van der Waals surface area contributed by atoms with Gasteiger partial charge in [-0.15, -0.1) is 13.2 Å². The van der Waals surface area contributed by atoms with Crippen LogP contribution in [0.3, 0.4) is 0 Å². The van der Waals surface area contributed by atoms with E-state index in [2.05, 4.69) is 31.1 Å². The molecule has 0 aliphatic heterocycles. The Kier molecular flexibility index (Phi) is 10.2. The zero-order chi connectivity index (χ0) is 26.1. The van der Waals surface area contributed by atoms with Gasteiger partial charge in [-0.05, 0) is 60.8 Å². The first-order chi connectivity index (χ1) is 16.7. The first kappa shape index (κ1) is 27.8. The Morgan fingerprint density at radius 2 is 1.46 bits per heavy atom. The predicted octanol–water partition coefficient (Wildman–Crippen LogP) is 8.25. The van der Waals surface area contributed by atoms with Crippen molar-refractivity contribution in [1.29, 1.82) is 0 Å². The Balaban J connectivity index is 0.00000210. The number of halogens is 4. The van der Waals surface area contributed by atoms with Gasteiger partial charge in [0.1, 0.15) is 5.75 Å². The van der Waals surface area contributed by atoms with Crippen LogP contribution in [0.2, 0.25) is 0 Å². The van der Waals surface area contributed by atoms with Gasteiger partial charge in [0.2, 0.25) is 11.7 Å². The minimum absolute atomic E-state index is 0.0462. The highest BCUT2D eigenvalue weighted by Crippen LogP contribution is 2.39. The van der Waals surface area contributed by atoms with Crippen molar-refractivity contribution in [3.8, 4) is 16.9 Å². The second kappa shape index (κ2) is 12.8. The molecule has 0 heterocycles. The van der Waals surface area contributed by atoms with E-state index in [4.69, 9.17) is 4.74 Å². The van der Waals surface area contributed by atoms with Crippen molar-refractivity contribution in [2.45, 2.75) is 31.6 Å². The third-order valence-electron chi connectivity index (χ3n) is 6.00. The molecular weight excluding hydrogens is 460 g/mol. The van der Waals surface area contributed by atoms with Gasteiger partial charge in [0.05, 0.1) is 13.7 Å². The van der Waals surface area contributed by atoms with E-state index in [1.165, 1.54) is 31.4 Å². The van der Waals surface area contributed by atoms with Crippen LogP contribution in [0.4, 0.5) is 17.6 Å². The number of ether oxygens (including phenoxy) is 2. The highest BCUT2D eigenvalue weighted by atomic mass is 19.2. The van der Waals surface area contributed by atoms with Crippen LogP contribution in [-0.4, -0.2) is 18.8 Å². The van der Waals surface area contributed by atoms with Crippen molar-refractivity contribution >= 4 is 0 Å². The zero-order valence-corrected chi connectivity index (χ0v) is 19.8. The molecule has 2 aromatic rings. The topological polar surface area (TPSA) is 38.7 Å². The van der Waals surface area contributed by atoms with Crippen LogP contribution in [0.1, 0.15) is 37.2 Å². The van der Waals surface area contributed by atoms with Crippen molar-refractivity contribution < 1.29 is 32.1 Å². The van der Waals surface area contributed by atoms with Crippen LogP contribution < -0.4 is 0 Å². The number of hydrogen-bond acceptors (Lipinski definition) is 3. The molecule has 0 spiro atoms. The molecule has 1 saturated carbocycles. The Morgan fingerprint density at radius 1 is 0.886 bits per heavy atom. The summed E-state index contributed by atoms with van der Waals surface area (Å²) in [5, 5.41) is 9.39. The van der Waals surface area contributed by atoms with E-state index in [0.29, 0.717) is 36.8 Å². The second-order valence-electron chi connectivity index (χ2n) is 8.08. The lowest BCUT2D eigenvalue weighted by Crippen LogP contribution is -2.19. The first-order valence-electron chi connectivity index (χ1n) is 11.1. The third kappa shape index (κ3) is 6.78. The van der Waals surface area contributed by atoms with E-state index < -0.39 is 34.8 Å². The van der Waals surface area contributed by atoms with E-state index in [0.717, 1.165) is 0 Å². The maximum atomic E-state index is 14.9. The number of phenols is 1. The molecular formula is C28H30F4O3. The lowest BCUT2D eigenvalue weighted by atomic mass is 9.78. The fourth-order valence-electron chi connectivity index (χ4n) is 4.00. The molecule has 0 atom stereocenters. The average Bonchev–Trinajstić information content (AvgIpc) is 2.89. The van der Waals surface area contributed by atoms with Crippen molar-refractivity contribution in [3.63, 3.8) is 0 Å². The van der Waals surface area contributed by atoms with E-state index in [-0.39, 0.29) is 29.8 Å². The molecule has 2 aromatic carbocycles. The van der Waals surface area contributed by atoms with Crippen molar-refractivity contribution in [2.75, 3.05) is 13.7 Å². The minimum atomic E-state index is -1.26. The number of phenolic OH excluding ortho intramolecular Hbond substituents is 1. The number of hydrogen-bond donors (Lipinski definition) is 1. The standard InChI is InChI=1S/C26H26F4O3.C2H4/c1-15(32-3)23(27)24(28)16(2)33-14-17-4-6-18(7-5-17)21-12-13-22(26(30)25(21)29)19-8-10-20(31)11-9-19;1-2/h8-13,17-18,31H,1-2,4-7,14H2,3H3;1-2H2/b24-23-;. The summed E-state index contributed by atoms with van der Waals surface area (Å²) in [5.74, 6) is -5.24. The van der Waals surface area contributed by atoms with E-state index in [1.807, 2.05) is 0 Å². The summed E-state index contributed by atoms with van der Waals surface area (Å²) in [4.78, 5) is 0. The van der Waals surface area contributed by atoms with Gasteiger partial charge in [0.25, 0.3) is 0 Å². The molecule has 0 radical (unpaired) electrons. The first-order valence-corrected chi connectivity index (χ1v) is 11.1. The molecule has 0 saturated heterocycles. The van der Waals surface area contributed by atoms with Crippen LogP contribution in [-0.2, 0) is 9.47 Å². The number of benzene rings is 2. The predicted molar refractivity (Wildman–Crippen MR) is 130 cm³/mol. The summed E-state index contributed by atoms with van der Waals surface area (Å²) in [6, 6.07) is 9.05. The van der Waals surface area contributed by atoms with E-state index in [9.17, 15) is 22.7 Å². The highest BCUT2D eigenvalue weighted by molar-refractivity contribution is 5.65. The Hall–Kier alpha value is -3.48. The number of methoxy groups -OCH3 is 1. The summed E-state index contributed by atoms with van der Waals surface area (Å²) in [6.07, 6.45) is 2.56. The maximum Gasteiger partial charge on any atom is 0.203 e. The van der Waals surface area contributed by atoms with Gasteiger partial charge in [0, 0.05) is 5.56 Å². The molecule has 188 valence electrons. The van der Waals surface area contributed by atoms with Gasteiger partial charge >= 0.3 is 0 Å². The third-order valence-corrected chi connectivity index (χ3v) is 6.00. The second-order valence-corrected chi connectivity index (χ2v) is 8.08. The van der Waals surface area contributed by atoms with Gasteiger partial charge in [0.15, 0.2) is 23.2 Å². The molecule has 1 aliphatic rings. The van der Waals surface area contributed by atoms with Crippen LogP contribution in [0.15, 0.2) is 85.9 Å². The minimum Gasteiger partial charge on any atom is -0.508 e. The molecule has 0 bridgehead atoms. The van der Waals surface area contributed by atoms with Crippen molar-refractivity contribution in [1.82, 2.24) is 0 Å². The SMILES string of the molecule is C=C.C=C(OC)/C(F)=C(/F)C(=C)OCC1CCC(c2ccc(-c3ccc(O)cc3)c(F)c2F)CC1. The fraction of sp³-hybridized carbons (Fsp3) is 0.286. The summed E-state index contributed by atoms with van der Waals surface area (Å²) >= 11 is 0. The average molecular weight is 491 g/mol. The zero-order valence-electron chi connectivity index (χ0n) is 19.8. The monoisotopic (exact) mass is 490 g/mol. The quantitative estimate of drug-likeness (QED) is 0.175. The Bertz CT molecular complexity index is 1070. The van der Waals surface area contributed by atoms with Gasteiger partial charge in [-0.2, -0.15) is 8.78 Å². The lowest BCUT2D eigenvalue weighted by Gasteiger charge is -2.29. The maximum absolute atomic E-state index is 14.9. The molecule has 35 heavy (non-hydrogen) atoms. The summed E-state index contributed by atoms with van der Waals surface area (Å²) in [6.45, 7) is 12.8. The van der Waals surface area contributed by atoms with Crippen LogP contribution in [0.5, 0.6) is 5.75 Å². The number of aromatic hydroxyl groups is 1. The van der Waals surface area contributed by atoms with E-state index in [1.54, 1.807) is 12.1 Å². The molecule has 0 unspecified atom stereocenters. The molecule has 1 fully saturated rings. The highest BCUT2D eigenvalue weighted by Gasteiger charge is 2.27. The molecule has 3 nitrogen and oxygen atoms in total. The summed E-state index contributed by atoms with van der Waals surface area (Å²) < 4.78 is 67.2. The lowest BCUT2D eigenvalue weighted by molar-refractivity contribution is 0.135. The molecule has 7 heteroatoms. The molecule has 1 aliphatic carbocycles. The number of rotatable bonds is 8. The number of allylic oxidation sites excluding steroid dienone is 2. The smallest absolute Gasteiger partial charge is 0.203 e.